The first kappa shape index (κ1) is 18.4. The summed E-state index contributed by atoms with van der Waals surface area (Å²) in [6, 6.07) is 4.92. The predicted molar refractivity (Wildman–Crippen MR) is 97.3 cm³/mol. The monoisotopic (exact) mass is 379 g/mol. The summed E-state index contributed by atoms with van der Waals surface area (Å²) in [5.41, 5.74) is 1.20. The first-order valence-electron chi connectivity index (χ1n) is 8.39. The molecule has 0 bridgehead atoms. The van der Waals surface area contributed by atoms with E-state index < -0.39 is 15.5 Å². The Morgan fingerprint density at radius 3 is 2.81 bits per heavy atom. The molecule has 0 saturated carbocycles. The largest absolute Gasteiger partial charge is 0.497 e. The van der Waals surface area contributed by atoms with Crippen molar-refractivity contribution in [3.05, 3.63) is 39.7 Å². The van der Waals surface area contributed by atoms with Crippen molar-refractivity contribution in [2.24, 2.45) is 0 Å². The van der Waals surface area contributed by atoms with Crippen molar-refractivity contribution in [3.8, 4) is 5.75 Å². The zero-order valence-electron chi connectivity index (χ0n) is 14.7. The topological polar surface area (TPSA) is 103 Å². The molecule has 8 heteroatoms. The van der Waals surface area contributed by atoms with Gasteiger partial charge in [0.05, 0.1) is 18.6 Å². The zero-order chi connectivity index (χ0) is 18.9. The molecule has 1 atom stereocenters. The fourth-order valence-corrected chi connectivity index (χ4v) is 4.91. The number of carbonyl (C=O) groups excluding carboxylic acids is 1. The molecule has 7 nitrogen and oxygen atoms in total. The molecule has 140 valence electrons. The fraction of sp³-hybridized carbons (Fsp3) is 0.444. The van der Waals surface area contributed by atoms with Gasteiger partial charge in [0.2, 0.25) is 5.91 Å². The summed E-state index contributed by atoms with van der Waals surface area (Å²) in [7, 11) is -1.51. The lowest BCUT2D eigenvalue weighted by molar-refractivity contribution is -0.121. The van der Waals surface area contributed by atoms with Crippen LogP contribution in [0.3, 0.4) is 0 Å². The Morgan fingerprint density at radius 1 is 1.38 bits per heavy atom. The molecule has 0 spiro atoms. The van der Waals surface area contributed by atoms with Crippen LogP contribution in [0.2, 0.25) is 0 Å². The molecule has 1 N–H and O–H groups in total. The van der Waals surface area contributed by atoms with Gasteiger partial charge in [-0.25, -0.2) is 13.2 Å². The lowest BCUT2D eigenvalue weighted by Crippen LogP contribution is -2.35. The average molecular weight is 379 g/mol. The molecule has 0 aliphatic carbocycles. The van der Waals surface area contributed by atoms with E-state index in [9.17, 15) is 18.0 Å². The van der Waals surface area contributed by atoms with Gasteiger partial charge in [-0.15, -0.1) is 0 Å². The van der Waals surface area contributed by atoms with E-state index in [2.05, 4.69) is 5.32 Å². The van der Waals surface area contributed by atoms with E-state index >= 15 is 0 Å². The van der Waals surface area contributed by atoms with Crippen molar-refractivity contribution in [1.82, 2.24) is 5.32 Å². The van der Waals surface area contributed by atoms with Gasteiger partial charge in [0.25, 0.3) is 0 Å². The standard InChI is InChI=1S/C18H21NO6S/c1-11-14-4-3-13(24-2)9-16(14)25-18(21)15(11)5-6-17(20)19-12-7-8-26(22,23)10-12/h3-4,9,12H,5-8,10H2,1-2H3,(H,19,20)/t12-/m0/s1. The first-order chi connectivity index (χ1) is 12.3. The van der Waals surface area contributed by atoms with Crippen LogP contribution in [0, 0.1) is 6.92 Å². The highest BCUT2D eigenvalue weighted by Crippen LogP contribution is 2.24. The van der Waals surface area contributed by atoms with Crippen LogP contribution >= 0.6 is 0 Å². The molecule has 0 unspecified atom stereocenters. The SMILES string of the molecule is COc1ccc2c(C)c(CCC(=O)N[C@H]3CCS(=O)(=O)C3)c(=O)oc2c1. The molecule has 1 amide bonds. The molecule has 1 saturated heterocycles. The molecule has 0 radical (unpaired) electrons. The van der Waals surface area contributed by atoms with Gasteiger partial charge in [-0.05, 0) is 37.5 Å². The zero-order valence-corrected chi connectivity index (χ0v) is 15.5. The molecule has 1 aliphatic heterocycles. The summed E-state index contributed by atoms with van der Waals surface area (Å²) in [6.45, 7) is 1.82. The summed E-state index contributed by atoms with van der Waals surface area (Å²) in [6.07, 6.45) is 0.776. The number of carbonyl (C=O) groups is 1. The van der Waals surface area contributed by atoms with E-state index in [1.54, 1.807) is 12.1 Å². The van der Waals surface area contributed by atoms with Gasteiger partial charge >= 0.3 is 5.63 Å². The molecule has 1 aromatic carbocycles. The van der Waals surface area contributed by atoms with Crippen LogP contribution in [0.1, 0.15) is 24.0 Å². The Morgan fingerprint density at radius 2 is 2.15 bits per heavy atom. The highest BCUT2D eigenvalue weighted by molar-refractivity contribution is 7.91. The predicted octanol–water partition coefficient (Wildman–Crippen LogP) is 1.35. The van der Waals surface area contributed by atoms with Crippen molar-refractivity contribution in [2.45, 2.75) is 32.2 Å². The lowest BCUT2D eigenvalue weighted by Gasteiger charge is -2.12. The van der Waals surface area contributed by atoms with Crippen LogP contribution in [0.25, 0.3) is 11.0 Å². The first-order valence-corrected chi connectivity index (χ1v) is 10.2. The van der Waals surface area contributed by atoms with Gasteiger partial charge in [0.15, 0.2) is 9.84 Å². The summed E-state index contributed by atoms with van der Waals surface area (Å²) in [5.74, 6) is 0.423. The number of methoxy groups -OCH3 is 1. The number of hydrogen-bond acceptors (Lipinski definition) is 6. The van der Waals surface area contributed by atoms with E-state index in [-0.39, 0.29) is 36.3 Å². The Bertz CT molecular complexity index is 1010. The molecular formula is C18H21NO6S. The third-order valence-corrected chi connectivity index (χ3v) is 6.46. The van der Waals surface area contributed by atoms with Gasteiger partial charge in [-0.3, -0.25) is 4.79 Å². The average Bonchev–Trinajstić information content (AvgIpc) is 2.92. The van der Waals surface area contributed by atoms with Gasteiger partial charge in [-0.2, -0.15) is 0 Å². The Kier molecular flexibility index (Phi) is 5.04. The molecule has 1 aliphatic rings. The Hall–Kier alpha value is -2.35. The number of aryl methyl sites for hydroxylation is 1. The third-order valence-electron chi connectivity index (χ3n) is 4.69. The second-order valence-corrected chi connectivity index (χ2v) is 8.75. The number of sulfone groups is 1. The Balaban J connectivity index is 1.72. The number of amides is 1. The number of hydrogen-bond donors (Lipinski definition) is 1. The molecule has 26 heavy (non-hydrogen) atoms. The second-order valence-electron chi connectivity index (χ2n) is 6.52. The second kappa shape index (κ2) is 7.11. The summed E-state index contributed by atoms with van der Waals surface area (Å²) >= 11 is 0. The Labute approximate surface area is 151 Å². The smallest absolute Gasteiger partial charge is 0.339 e. The maximum atomic E-state index is 12.3. The van der Waals surface area contributed by atoms with E-state index in [1.165, 1.54) is 7.11 Å². The molecule has 3 rings (SSSR count). The highest BCUT2D eigenvalue weighted by Gasteiger charge is 2.28. The third kappa shape index (κ3) is 3.90. The highest BCUT2D eigenvalue weighted by atomic mass is 32.2. The number of fused-ring (bicyclic) bond motifs is 1. The maximum Gasteiger partial charge on any atom is 0.339 e. The summed E-state index contributed by atoms with van der Waals surface area (Å²) in [5, 5.41) is 3.52. The van der Waals surface area contributed by atoms with E-state index in [0.717, 1.165) is 10.9 Å². The van der Waals surface area contributed by atoms with E-state index in [0.29, 0.717) is 23.3 Å². The molecule has 1 aromatic heterocycles. The minimum atomic E-state index is -3.04. The van der Waals surface area contributed by atoms with Gasteiger partial charge in [0.1, 0.15) is 11.3 Å². The van der Waals surface area contributed by atoms with E-state index in [4.69, 9.17) is 9.15 Å². The maximum absolute atomic E-state index is 12.3. The van der Waals surface area contributed by atoms with Crippen molar-refractivity contribution < 1.29 is 22.4 Å². The van der Waals surface area contributed by atoms with Crippen LogP contribution in [-0.4, -0.2) is 39.0 Å². The van der Waals surface area contributed by atoms with Crippen LogP contribution in [0.15, 0.2) is 27.4 Å². The number of ether oxygens (including phenoxy) is 1. The van der Waals surface area contributed by atoms with Gasteiger partial charge < -0.3 is 14.5 Å². The van der Waals surface area contributed by atoms with Gasteiger partial charge in [0, 0.05) is 29.5 Å². The van der Waals surface area contributed by atoms with E-state index in [1.807, 2.05) is 13.0 Å². The number of benzene rings is 1. The van der Waals surface area contributed by atoms with Crippen molar-refractivity contribution >= 4 is 26.7 Å². The minimum absolute atomic E-state index is 0.0162. The quantitative estimate of drug-likeness (QED) is 0.787. The number of rotatable bonds is 5. The van der Waals surface area contributed by atoms with Crippen molar-refractivity contribution in [1.29, 1.82) is 0 Å². The summed E-state index contributed by atoms with van der Waals surface area (Å²) < 4.78 is 33.4. The molecule has 1 fully saturated rings. The summed E-state index contributed by atoms with van der Waals surface area (Å²) in [4.78, 5) is 24.4. The van der Waals surface area contributed by atoms with Crippen LogP contribution in [0.4, 0.5) is 0 Å². The molecule has 2 aromatic rings. The fourth-order valence-electron chi connectivity index (χ4n) is 3.24. The van der Waals surface area contributed by atoms with Crippen LogP contribution in [-0.2, 0) is 21.1 Å². The lowest BCUT2D eigenvalue weighted by atomic mass is 10.0. The molecule has 2 heterocycles. The normalized spacial score (nSPS) is 18.8. The number of nitrogens with one attached hydrogen (secondary N) is 1. The van der Waals surface area contributed by atoms with Crippen molar-refractivity contribution in [2.75, 3.05) is 18.6 Å². The molecular weight excluding hydrogens is 358 g/mol. The van der Waals surface area contributed by atoms with Crippen molar-refractivity contribution in [3.63, 3.8) is 0 Å². The van der Waals surface area contributed by atoms with Crippen LogP contribution in [0.5, 0.6) is 5.75 Å². The van der Waals surface area contributed by atoms with Crippen LogP contribution < -0.4 is 15.7 Å². The van der Waals surface area contributed by atoms with Gasteiger partial charge in [-0.1, -0.05) is 0 Å². The minimum Gasteiger partial charge on any atom is -0.497 e.